The van der Waals surface area contributed by atoms with Crippen molar-refractivity contribution in [3.05, 3.63) is 52.1 Å². The second-order valence-corrected chi connectivity index (χ2v) is 15.4. The smallest absolute Gasteiger partial charge is 0.198 e. The molecular formula is C37H46O15. The Morgan fingerprint density at radius 2 is 1.48 bits per heavy atom. The minimum atomic E-state index is -2.79. The number of ether oxygens (including phenoxy) is 5. The molecule has 1 aromatic rings. The normalized spacial score (nSPS) is 45.0. The SMILES string of the molecule is C[C@@H]1O[C@@H](O[C@@H]2CC(c3ccc4c(c3O)C(=O)C3=C(C4=O)[C@]4(O)C(=O)C[C@](C)(O)C[C@@]4(O)C=C3)O[C@H](C)[C@H]2O)CC[C@@H]1O[C@H]1C[C@@H](O)[C@H](O)[C@@H](C)O1. The minimum absolute atomic E-state index is 0.0389. The molecule has 7 N–H and O–H groups in total. The average Bonchev–Trinajstić information content (AvgIpc) is 3.06. The van der Waals surface area contributed by atoms with Crippen LogP contribution < -0.4 is 0 Å². The molecule has 15 heteroatoms. The molecule has 284 valence electrons. The first-order valence-electron chi connectivity index (χ1n) is 17.8. The van der Waals surface area contributed by atoms with E-state index in [9.17, 15) is 50.1 Å². The Labute approximate surface area is 299 Å². The van der Waals surface area contributed by atoms with Gasteiger partial charge >= 0.3 is 0 Å². The van der Waals surface area contributed by atoms with Gasteiger partial charge in [0.15, 0.2) is 35.5 Å². The van der Waals surface area contributed by atoms with Crippen molar-refractivity contribution in [1.82, 2.24) is 0 Å². The van der Waals surface area contributed by atoms with Crippen molar-refractivity contribution in [2.45, 2.75) is 151 Å². The maximum absolute atomic E-state index is 13.9. The molecule has 1 saturated carbocycles. The molecule has 0 radical (unpaired) electrons. The number of fused-ring (bicyclic) bond motifs is 3. The molecule has 4 fully saturated rings. The fourth-order valence-corrected chi connectivity index (χ4v) is 8.65. The van der Waals surface area contributed by atoms with Gasteiger partial charge in [-0.1, -0.05) is 12.1 Å². The van der Waals surface area contributed by atoms with Crippen LogP contribution in [0.15, 0.2) is 35.4 Å². The van der Waals surface area contributed by atoms with Crippen molar-refractivity contribution >= 4 is 17.3 Å². The van der Waals surface area contributed by atoms with Crippen LogP contribution in [0, 0.1) is 0 Å². The molecule has 3 aliphatic carbocycles. The summed E-state index contributed by atoms with van der Waals surface area (Å²) in [5.41, 5.74) is -8.26. The number of phenols is 1. The lowest BCUT2D eigenvalue weighted by Crippen LogP contribution is -2.69. The van der Waals surface area contributed by atoms with Crippen LogP contribution in [-0.2, 0) is 28.5 Å². The van der Waals surface area contributed by atoms with Crippen LogP contribution >= 0.6 is 0 Å². The fourth-order valence-electron chi connectivity index (χ4n) is 8.65. The van der Waals surface area contributed by atoms with E-state index in [2.05, 4.69) is 0 Å². The molecule has 0 aromatic heterocycles. The molecule has 1 aromatic carbocycles. The number of rotatable bonds is 5. The van der Waals surface area contributed by atoms with Gasteiger partial charge < -0.3 is 59.4 Å². The van der Waals surface area contributed by atoms with Crippen LogP contribution in [0.2, 0.25) is 0 Å². The third-order valence-electron chi connectivity index (χ3n) is 11.5. The third-order valence-corrected chi connectivity index (χ3v) is 11.5. The lowest BCUT2D eigenvalue weighted by atomic mass is 9.57. The zero-order valence-electron chi connectivity index (χ0n) is 29.3. The summed E-state index contributed by atoms with van der Waals surface area (Å²) in [5.74, 6) is -3.34. The molecule has 7 rings (SSSR count). The molecule has 6 aliphatic rings. The van der Waals surface area contributed by atoms with Crippen molar-refractivity contribution in [2.75, 3.05) is 0 Å². The predicted molar refractivity (Wildman–Crippen MR) is 176 cm³/mol. The van der Waals surface area contributed by atoms with Gasteiger partial charge in [-0.25, -0.2) is 0 Å². The van der Waals surface area contributed by atoms with Gasteiger partial charge in [0.05, 0.1) is 59.5 Å². The van der Waals surface area contributed by atoms with E-state index in [1.165, 1.54) is 19.1 Å². The lowest BCUT2D eigenvalue weighted by molar-refractivity contribution is -0.306. The molecule has 3 aliphatic heterocycles. The van der Waals surface area contributed by atoms with Crippen LogP contribution in [0.3, 0.4) is 0 Å². The van der Waals surface area contributed by atoms with Crippen molar-refractivity contribution in [2.24, 2.45) is 0 Å². The number of Topliss-reactive ketones (excluding diaryl/α,β-unsaturated/α-hetero) is 3. The van der Waals surface area contributed by atoms with E-state index in [1.54, 1.807) is 13.8 Å². The van der Waals surface area contributed by atoms with Crippen molar-refractivity contribution < 1.29 is 73.8 Å². The summed E-state index contributed by atoms with van der Waals surface area (Å²) >= 11 is 0. The van der Waals surface area contributed by atoms with E-state index in [4.69, 9.17) is 23.7 Å². The number of carbonyl (C=O) groups is 3. The van der Waals surface area contributed by atoms with Crippen LogP contribution in [0.5, 0.6) is 5.75 Å². The second-order valence-electron chi connectivity index (χ2n) is 15.4. The zero-order chi connectivity index (χ0) is 37.7. The Bertz CT molecular complexity index is 1710. The molecule has 3 heterocycles. The minimum Gasteiger partial charge on any atom is -0.507 e. The topological polar surface area (TPSA) is 239 Å². The fraction of sp³-hybridized carbons (Fsp3) is 0.649. The Kier molecular flexibility index (Phi) is 9.44. The van der Waals surface area contributed by atoms with E-state index in [1.807, 2.05) is 6.92 Å². The Morgan fingerprint density at radius 1 is 0.808 bits per heavy atom. The average molecular weight is 731 g/mol. The molecule has 0 bridgehead atoms. The number of allylic oxidation sites excluding steroid dienone is 2. The lowest BCUT2D eigenvalue weighted by Gasteiger charge is -2.51. The van der Waals surface area contributed by atoms with Gasteiger partial charge in [-0.05, 0) is 46.3 Å². The van der Waals surface area contributed by atoms with Crippen LogP contribution in [0.4, 0.5) is 0 Å². The van der Waals surface area contributed by atoms with E-state index >= 15 is 0 Å². The highest BCUT2D eigenvalue weighted by Gasteiger charge is 2.66. The van der Waals surface area contributed by atoms with E-state index < -0.39 is 120 Å². The van der Waals surface area contributed by atoms with Gasteiger partial charge in [0, 0.05) is 48.8 Å². The number of aliphatic hydroxyl groups excluding tert-OH is 3. The summed E-state index contributed by atoms with van der Waals surface area (Å²) in [6.45, 7) is 6.42. The third kappa shape index (κ3) is 6.00. The summed E-state index contributed by atoms with van der Waals surface area (Å²) in [6, 6.07) is 2.68. The van der Waals surface area contributed by atoms with E-state index in [-0.39, 0.29) is 41.2 Å². The first-order chi connectivity index (χ1) is 24.3. The number of hydrogen-bond acceptors (Lipinski definition) is 15. The molecule has 0 amide bonds. The number of benzene rings is 1. The monoisotopic (exact) mass is 730 g/mol. The zero-order valence-corrected chi connectivity index (χ0v) is 29.3. The summed E-state index contributed by atoms with van der Waals surface area (Å²) in [6.07, 6.45) is -6.22. The van der Waals surface area contributed by atoms with Gasteiger partial charge in [-0.3, -0.25) is 14.4 Å². The highest BCUT2D eigenvalue weighted by Crippen LogP contribution is 2.52. The van der Waals surface area contributed by atoms with Crippen molar-refractivity contribution in [3.8, 4) is 5.75 Å². The Hall–Kier alpha value is -2.93. The van der Waals surface area contributed by atoms with E-state index in [0.29, 0.717) is 12.8 Å². The summed E-state index contributed by atoms with van der Waals surface area (Å²) < 4.78 is 30.2. The molecule has 15 nitrogen and oxygen atoms in total. The highest BCUT2D eigenvalue weighted by molar-refractivity contribution is 6.32. The molecule has 52 heavy (non-hydrogen) atoms. The number of aliphatic hydroxyl groups is 6. The molecular weight excluding hydrogens is 684 g/mol. The predicted octanol–water partition coefficient (Wildman–Crippen LogP) is 0.577. The first kappa shape index (κ1) is 37.4. The molecule has 1 unspecified atom stereocenters. The maximum atomic E-state index is 13.9. The molecule has 14 atom stereocenters. The second kappa shape index (κ2) is 13.1. The standard InChI is InChI=1S/C37H46O15/c1-15-22(51-27-11-21(38)30(40)16(2)50-27)7-8-26(49-15)52-24-12-23(48-17(3)31(24)41)18-5-6-19-28(32(18)42)33(43)20-9-10-36(46)14-35(4,45)13-25(39)37(36,47)29(20)34(19)44/h5-6,9-10,15-17,21-24,26-27,30-31,38,40-42,45-47H,7-8,11-14H2,1-4H3/t15-,16+,17+,21+,22-,23?,24+,26-,27-,30+,31+,35-,36-,37+/m0/s1. The Balaban J connectivity index is 1.07. The summed E-state index contributed by atoms with van der Waals surface area (Å²) in [7, 11) is 0. The maximum Gasteiger partial charge on any atom is 0.198 e. The van der Waals surface area contributed by atoms with Crippen molar-refractivity contribution in [3.63, 3.8) is 0 Å². The largest absolute Gasteiger partial charge is 0.507 e. The quantitative estimate of drug-likeness (QED) is 0.219. The first-order valence-corrected chi connectivity index (χ1v) is 17.8. The number of ketones is 3. The number of carbonyl (C=O) groups excluding carboxylic acids is 3. The van der Waals surface area contributed by atoms with Gasteiger partial charge in [-0.2, -0.15) is 0 Å². The van der Waals surface area contributed by atoms with Crippen LogP contribution in [0.25, 0.3) is 0 Å². The van der Waals surface area contributed by atoms with Gasteiger partial charge in [0.25, 0.3) is 0 Å². The van der Waals surface area contributed by atoms with Gasteiger partial charge in [-0.15, -0.1) is 0 Å². The summed E-state index contributed by atoms with van der Waals surface area (Å²) in [4.78, 5) is 41.1. The summed E-state index contributed by atoms with van der Waals surface area (Å²) in [5, 5.41) is 76.3. The van der Waals surface area contributed by atoms with E-state index in [0.717, 1.165) is 12.2 Å². The van der Waals surface area contributed by atoms with Gasteiger partial charge in [0.1, 0.15) is 23.6 Å². The van der Waals surface area contributed by atoms with Gasteiger partial charge in [0.2, 0.25) is 0 Å². The van der Waals surface area contributed by atoms with Crippen LogP contribution in [0.1, 0.15) is 98.6 Å². The number of aromatic hydroxyl groups is 1. The number of hydrogen-bond donors (Lipinski definition) is 7. The molecule has 0 spiro atoms. The highest BCUT2D eigenvalue weighted by atomic mass is 16.7. The van der Waals surface area contributed by atoms with Crippen LogP contribution in [-0.4, -0.2) is 131 Å². The number of phenolic OH excluding ortho intramolecular Hbond substituents is 1. The molecule has 3 saturated heterocycles. The Morgan fingerprint density at radius 3 is 2.17 bits per heavy atom. The van der Waals surface area contributed by atoms with Crippen molar-refractivity contribution in [1.29, 1.82) is 0 Å².